The number of carbonyl (C=O) groups is 1. The second kappa shape index (κ2) is 6.07. The van der Waals surface area contributed by atoms with E-state index < -0.39 is 5.82 Å². The molecule has 24 heavy (non-hydrogen) atoms. The Labute approximate surface area is 138 Å². The molecule has 1 aliphatic heterocycles. The zero-order valence-electron chi connectivity index (χ0n) is 13.1. The fourth-order valence-electron chi connectivity index (χ4n) is 3.23. The molecule has 0 saturated carbocycles. The lowest BCUT2D eigenvalue weighted by Crippen LogP contribution is -2.39. The van der Waals surface area contributed by atoms with E-state index in [1.54, 1.807) is 17.0 Å². The summed E-state index contributed by atoms with van der Waals surface area (Å²) in [6.07, 6.45) is 1.76. The number of likely N-dealkylation sites (tertiary alicyclic amines) is 1. The first-order valence-electron chi connectivity index (χ1n) is 8.11. The number of amides is 1. The van der Waals surface area contributed by atoms with E-state index in [4.69, 9.17) is 4.42 Å². The Balaban J connectivity index is 1.57. The van der Waals surface area contributed by atoms with Gasteiger partial charge >= 0.3 is 0 Å². The van der Waals surface area contributed by atoms with Gasteiger partial charge in [-0.05, 0) is 37.1 Å². The first-order chi connectivity index (χ1) is 11.7. The topological polar surface area (TPSA) is 46.3 Å². The van der Waals surface area contributed by atoms with Crippen LogP contribution in [0.25, 0.3) is 11.1 Å². The maximum Gasteiger partial charge on any atom is 0.256 e. The Morgan fingerprint density at radius 3 is 2.79 bits per heavy atom. The zero-order chi connectivity index (χ0) is 16.5. The number of rotatable bonds is 2. The third kappa shape index (κ3) is 2.66. The molecule has 1 aliphatic rings. The number of fused-ring (bicyclic) bond motifs is 1. The van der Waals surface area contributed by atoms with Gasteiger partial charge in [0.25, 0.3) is 5.91 Å². The summed E-state index contributed by atoms with van der Waals surface area (Å²) < 4.78 is 19.7. The van der Waals surface area contributed by atoms with Crippen LogP contribution in [0.15, 0.2) is 52.9 Å². The number of para-hydroxylation sites is 2. The Kier molecular flexibility index (Phi) is 3.76. The van der Waals surface area contributed by atoms with Gasteiger partial charge in [-0.15, -0.1) is 0 Å². The quantitative estimate of drug-likeness (QED) is 0.716. The number of oxazole rings is 1. The minimum Gasteiger partial charge on any atom is -0.440 e. The first-order valence-corrected chi connectivity index (χ1v) is 8.11. The molecule has 1 aromatic heterocycles. The van der Waals surface area contributed by atoms with Gasteiger partial charge in [0.1, 0.15) is 11.3 Å². The van der Waals surface area contributed by atoms with Gasteiger partial charge < -0.3 is 9.32 Å². The van der Waals surface area contributed by atoms with E-state index in [-0.39, 0.29) is 17.4 Å². The van der Waals surface area contributed by atoms with Crippen LogP contribution in [0.4, 0.5) is 4.39 Å². The molecule has 1 atom stereocenters. The number of benzene rings is 2. The Morgan fingerprint density at radius 1 is 1.17 bits per heavy atom. The summed E-state index contributed by atoms with van der Waals surface area (Å²) >= 11 is 0. The molecule has 0 bridgehead atoms. The third-order valence-electron chi connectivity index (χ3n) is 4.47. The van der Waals surface area contributed by atoms with Gasteiger partial charge in [-0.3, -0.25) is 4.79 Å². The Hall–Kier alpha value is -2.69. The first kappa shape index (κ1) is 14.9. The molecular formula is C19H17FN2O2. The molecule has 0 spiro atoms. The van der Waals surface area contributed by atoms with E-state index in [0.29, 0.717) is 19.0 Å². The van der Waals surface area contributed by atoms with Crippen molar-refractivity contribution in [3.05, 3.63) is 65.8 Å². The average molecular weight is 324 g/mol. The molecule has 0 N–H and O–H groups in total. The monoisotopic (exact) mass is 324 g/mol. The number of aromatic nitrogens is 1. The number of halogens is 1. The summed E-state index contributed by atoms with van der Waals surface area (Å²) in [5.41, 5.74) is 1.70. The average Bonchev–Trinajstić information content (AvgIpc) is 3.06. The summed E-state index contributed by atoms with van der Waals surface area (Å²) in [5, 5.41) is 0. The van der Waals surface area contributed by atoms with Gasteiger partial charge in [-0.2, -0.15) is 0 Å². The largest absolute Gasteiger partial charge is 0.440 e. The highest BCUT2D eigenvalue weighted by molar-refractivity contribution is 5.94. The van der Waals surface area contributed by atoms with Gasteiger partial charge in [0.15, 0.2) is 11.5 Å². The van der Waals surface area contributed by atoms with Crippen molar-refractivity contribution in [1.29, 1.82) is 0 Å². The smallest absolute Gasteiger partial charge is 0.256 e. The second-order valence-electron chi connectivity index (χ2n) is 6.09. The second-order valence-corrected chi connectivity index (χ2v) is 6.09. The maximum absolute atomic E-state index is 13.9. The third-order valence-corrected chi connectivity index (χ3v) is 4.47. The van der Waals surface area contributed by atoms with Gasteiger partial charge in [-0.1, -0.05) is 24.3 Å². The standard InChI is InChI=1S/C19H17FN2O2/c20-15-8-2-1-7-14(15)19(23)22-11-5-6-13(12-22)18-21-16-9-3-4-10-17(16)24-18/h1-4,7-10,13H,5-6,11-12H2/t13-/m1/s1. The van der Waals surface area contributed by atoms with E-state index in [0.717, 1.165) is 23.9 Å². The molecule has 3 aromatic rings. The van der Waals surface area contributed by atoms with Crippen LogP contribution in [0.5, 0.6) is 0 Å². The molecule has 2 heterocycles. The van der Waals surface area contributed by atoms with Gasteiger partial charge in [0.2, 0.25) is 0 Å². The summed E-state index contributed by atoms with van der Waals surface area (Å²) in [4.78, 5) is 18.8. The number of nitrogens with zero attached hydrogens (tertiary/aromatic N) is 2. The van der Waals surface area contributed by atoms with Crippen molar-refractivity contribution < 1.29 is 13.6 Å². The molecule has 4 rings (SSSR count). The Morgan fingerprint density at radius 2 is 1.96 bits per heavy atom. The highest BCUT2D eigenvalue weighted by Gasteiger charge is 2.29. The summed E-state index contributed by atoms with van der Waals surface area (Å²) in [6.45, 7) is 1.13. The van der Waals surface area contributed by atoms with Crippen LogP contribution >= 0.6 is 0 Å². The van der Waals surface area contributed by atoms with Crippen molar-refractivity contribution in [2.75, 3.05) is 13.1 Å². The van der Waals surface area contributed by atoms with E-state index in [1.165, 1.54) is 12.1 Å². The number of hydrogen-bond donors (Lipinski definition) is 0. The van der Waals surface area contributed by atoms with E-state index in [9.17, 15) is 9.18 Å². The van der Waals surface area contributed by atoms with Crippen molar-refractivity contribution in [1.82, 2.24) is 9.88 Å². The number of piperidine rings is 1. The highest BCUT2D eigenvalue weighted by Crippen LogP contribution is 2.29. The van der Waals surface area contributed by atoms with Crippen molar-refractivity contribution >= 4 is 17.0 Å². The zero-order valence-corrected chi connectivity index (χ0v) is 13.1. The predicted octanol–water partition coefficient (Wildman–Crippen LogP) is 3.99. The summed E-state index contributed by atoms with van der Waals surface area (Å²) in [7, 11) is 0. The van der Waals surface area contributed by atoms with Crippen molar-refractivity contribution in [2.45, 2.75) is 18.8 Å². The van der Waals surface area contributed by atoms with E-state index >= 15 is 0 Å². The van der Waals surface area contributed by atoms with Gasteiger partial charge in [0.05, 0.1) is 11.5 Å². The van der Waals surface area contributed by atoms with Crippen LogP contribution in [-0.4, -0.2) is 28.9 Å². The predicted molar refractivity (Wildman–Crippen MR) is 88.3 cm³/mol. The minimum absolute atomic E-state index is 0.0434. The molecule has 122 valence electrons. The van der Waals surface area contributed by atoms with Crippen LogP contribution < -0.4 is 0 Å². The van der Waals surface area contributed by atoms with Crippen LogP contribution in [0.3, 0.4) is 0 Å². The van der Waals surface area contributed by atoms with Crippen LogP contribution in [0, 0.1) is 5.82 Å². The van der Waals surface area contributed by atoms with Crippen LogP contribution in [0.2, 0.25) is 0 Å². The Bertz CT molecular complexity index is 857. The SMILES string of the molecule is O=C(c1ccccc1F)N1CCC[C@@H](c2nc3ccccc3o2)C1. The fraction of sp³-hybridized carbons (Fsp3) is 0.263. The maximum atomic E-state index is 13.9. The molecule has 0 radical (unpaired) electrons. The van der Waals surface area contributed by atoms with Crippen LogP contribution in [0.1, 0.15) is 35.0 Å². The number of hydrogen-bond acceptors (Lipinski definition) is 3. The fourth-order valence-corrected chi connectivity index (χ4v) is 3.23. The molecule has 2 aromatic carbocycles. The summed E-state index contributed by atoms with van der Waals surface area (Å²) in [6, 6.07) is 13.7. The molecular weight excluding hydrogens is 307 g/mol. The minimum atomic E-state index is -0.480. The van der Waals surface area contributed by atoms with Crippen molar-refractivity contribution in [3.63, 3.8) is 0 Å². The lowest BCUT2D eigenvalue weighted by atomic mass is 9.97. The molecule has 1 saturated heterocycles. The molecule has 1 fully saturated rings. The molecule has 0 unspecified atom stereocenters. The normalized spacial score (nSPS) is 18.0. The van der Waals surface area contributed by atoms with E-state index in [2.05, 4.69) is 4.98 Å². The van der Waals surface area contributed by atoms with Gasteiger partial charge in [0, 0.05) is 13.1 Å². The molecule has 4 nitrogen and oxygen atoms in total. The highest BCUT2D eigenvalue weighted by atomic mass is 19.1. The lowest BCUT2D eigenvalue weighted by molar-refractivity contribution is 0.0694. The van der Waals surface area contributed by atoms with Gasteiger partial charge in [-0.25, -0.2) is 9.37 Å². The van der Waals surface area contributed by atoms with Crippen molar-refractivity contribution in [3.8, 4) is 0 Å². The number of carbonyl (C=O) groups excluding carboxylic acids is 1. The molecule has 1 amide bonds. The lowest BCUT2D eigenvalue weighted by Gasteiger charge is -2.31. The summed E-state index contributed by atoms with van der Waals surface area (Å²) in [5.74, 6) is -0.0514. The molecule has 5 heteroatoms. The molecule has 0 aliphatic carbocycles. The van der Waals surface area contributed by atoms with Crippen molar-refractivity contribution in [2.24, 2.45) is 0 Å². The van der Waals surface area contributed by atoms with Crippen LogP contribution in [-0.2, 0) is 0 Å². The van der Waals surface area contributed by atoms with E-state index in [1.807, 2.05) is 24.3 Å².